The molecule has 0 bridgehead atoms. The molecule has 0 spiro atoms. The monoisotopic (exact) mass is 453 g/mol. The van der Waals surface area contributed by atoms with Gasteiger partial charge in [0.1, 0.15) is 0 Å². The summed E-state index contributed by atoms with van der Waals surface area (Å²) in [7, 11) is 4.57. The van der Waals surface area contributed by atoms with E-state index < -0.39 is 5.97 Å². The van der Waals surface area contributed by atoms with Crippen molar-refractivity contribution in [1.29, 1.82) is 0 Å². The molecular weight excluding hydrogens is 422 g/mol. The zero-order valence-electron chi connectivity index (χ0n) is 19.4. The summed E-state index contributed by atoms with van der Waals surface area (Å²) < 4.78 is 21.2. The molecule has 7 nitrogen and oxygen atoms in total. The number of carbonyl (C=O) groups is 2. The van der Waals surface area contributed by atoms with E-state index in [0.717, 1.165) is 31.4 Å². The smallest absolute Gasteiger partial charge is 0.331 e. The Morgan fingerprint density at radius 2 is 1.58 bits per heavy atom. The number of anilines is 1. The molecule has 0 aliphatic heterocycles. The summed E-state index contributed by atoms with van der Waals surface area (Å²) in [4.78, 5) is 27.1. The van der Waals surface area contributed by atoms with E-state index in [2.05, 4.69) is 0 Å². The van der Waals surface area contributed by atoms with Crippen LogP contribution in [0.3, 0.4) is 0 Å². The summed E-state index contributed by atoms with van der Waals surface area (Å²) in [6, 6.07) is 13.1. The van der Waals surface area contributed by atoms with Gasteiger partial charge in [-0.15, -0.1) is 0 Å². The predicted octanol–water partition coefficient (Wildman–Crippen LogP) is 4.63. The number of benzene rings is 2. The van der Waals surface area contributed by atoms with Crippen LogP contribution in [-0.2, 0) is 14.3 Å². The molecule has 1 saturated carbocycles. The Hall–Kier alpha value is -3.48. The summed E-state index contributed by atoms with van der Waals surface area (Å²) in [6.07, 6.45) is 8.14. The van der Waals surface area contributed by atoms with Gasteiger partial charge in [0.25, 0.3) is 5.91 Å². The fraction of sp³-hybridized carbons (Fsp3) is 0.385. The van der Waals surface area contributed by atoms with E-state index >= 15 is 0 Å². The molecule has 2 aromatic rings. The lowest BCUT2D eigenvalue weighted by molar-refractivity contribution is -0.143. The standard InChI is InChI=1S/C26H31NO6/c1-30-22-16-19(17-23(31-2)26(22)32-3)14-15-25(29)33-18-24(28)27(20-10-6-4-7-11-20)21-12-8-5-9-13-21/h4,6-7,10-11,14-17,21H,5,8-9,12-13,18H2,1-3H3/b15-14+. The number of esters is 1. The van der Waals surface area contributed by atoms with Crippen LogP contribution in [0.4, 0.5) is 5.69 Å². The van der Waals surface area contributed by atoms with Crippen molar-refractivity contribution in [2.45, 2.75) is 38.1 Å². The summed E-state index contributed by atoms with van der Waals surface area (Å²) >= 11 is 0. The molecule has 0 aromatic heterocycles. The van der Waals surface area contributed by atoms with Gasteiger partial charge >= 0.3 is 5.97 Å². The molecule has 0 N–H and O–H groups in total. The average Bonchev–Trinajstić information content (AvgIpc) is 2.86. The van der Waals surface area contributed by atoms with Crippen LogP contribution in [0.15, 0.2) is 48.5 Å². The van der Waals surface area contributed by atoms with E-state index in [0.29, 0.717) is 22.8 Å². The fourth-order valence-corrected chi connectivity index (χ4v) is 4.10. The molecule has 1 aliphatic carbocycles. The lowest BCUT2D eigenvalue weighted by Gasteiger charge is -2.34. The summed E-state index contributed by atoms with van der Waals surface area (Å²) in [5.74, 6) is 0.600. The average molecular weight is 454 g/mol. The van der Waals surface area contributed by atoms with Gasteiger partial charge in [-0.1, -0.05) is 37.5 Å². The summed E-state index contributed by atoms with van der Waals surface area (Å²) in [5.41, 5.74) is 1.50. The van der Waals surface area contributed by atoms with Crippen LogP contribution < -0.4 is 19.1 Å². The van der Waals surface area contributed by atoms with Crippen molar-refractivity contribution >= 4 is 23.6 Å². The first kappa shape index (κ1) is 24.2. The third-order valence-corrected chi connectivity index (χ3v) is 5.68. The first-order valence-electron chi connectivity index (χ1n) is 11.1. The fourth-order valence-electron chi connectivity index (χ4n) is 4.10. The molecular formula is C26H31NO6. The van der Waals surface area contributed by atoms with Gasteiger partial charge in [-0.05, 0) is 48.7 Å². The Bertz CT molecular complexity index is 941. The van der Waals surface area contributed by atoms with Crippen LogP contribution in [0.1, 0.15) is 37.7 Å². The number of hydrogen-bond acceptors (Lipinski definition) is 6. The molecule has 33 heavy (non-hydrogen) atoms. The van der Waals surface area contributed by atoms with Gasteiger partial charge in [0, 0.05) is 17.8 Å². The number of para-hydroxylation sites is 1. The molecule has 1 fully saturated rings. The Labute approximate surface area is 194 Å². The maximum Gasteiger partial charge on any atom is 0.331 e. The zero-order valence-corrected chi connectivity index (χ0v) is 19.4. The number of carbonyl (C=O) groups excluding carboxylic acids is 2. The largest absolute Gasteiger partial charge is 0.493 e. The van der Waals surface area contributed by atoms with Crippen molar-refractivity contribution in [2.24, 2.45) is 0 Å². The van der Waals surface area contributed by atoms with E-state index in [1.165, 1.54) is 33.8 Å². The van der Waals surface area contributed by atoms with Gasteiger partial charge in [0.05, 0.1) is 21.3 Å². The minimum absolute atomic E-state index is 0.127. The van der Waals surface area contributed by atoms with Crippen molar-refractivity contribution in [2.75, 3.05) is 32.8 Å². The number of ether oxygens (including phenoxy) is 4. The van der Waals surface area contributed by atoms with Crippen molar-refractivity contribution in [3.05, 3.63) is 54.1 Å². The van der Waals surface area contributed by atoms with E-state index in [1.807, 2.05) is 30.3 Å². The van der Waals surface area contributed by atoms with Crippen molar-refractivity contribution in [3.63, 3.8) is 0 Å². The van der Waals surface area contributed by atoms with Crippen LogP contribution in [0.5, 0.6) is 17.2 Å². The van der Waals surface area contributed by atoms with Gasteiger partial charge in [-0.3, -0.25) is 4.79 Å². The molecule has 0 saturated heterocycles. The highest BCUT2D eigenvalue weighted by molar-refractivity contribution is 5.97. The topological polar surface area (TPSA) is 74.3 Å². The van der Waals surface area contributed by atoms with Gasteiger partial charge in [0.2, 0.25) is 5.75 Å². The second kappa shape index (κ2) is 11.9. The van der Waals surface area contributed by atoms with E-state index in [1.54, 1.807) is 23.1 Å². The minimum atomic E-state index is -0.603. The quantitative estimate of drug-likeness (QED) is 0.407. The maximum absolute atomic E-state index is 13.0. The first-order chi connectivity index (χ1) is 16.1. The van der Waals surface area contributed by atoms with Gasteiger partial charge < -0.3 is 23.8 Å². The first-order valence-corrected chi connectivity index (χ1v) is 11.1. The van der Waals surface area contributed by atoms with Crippen molar-refractivity contribution < 1.29 is 28.5 Å². The maximum atomic E-state index is 13.0. The van der Waals surface area contributed by atoms with E-state index in [4.69, 9.17) is 18.9 Å². The highest BCUT2D eigenvalue weighted by atomic mass is 16.5. The van der Waals surface area contributed by atoms with Gasteiger partial charge in [-0.2, -0.15) is 0 Å². The van der Waals surface area contributed by atoms with Crippen LogP contribution in [0, 0.1) is 0 Å². The third kappa shape index (κ3) is 6.28. The van der Waals surface area contributed by atoms with Gasteiger partial charge in [-0.25, -0.2) is 4.79 Å². The lowest BCUT2D eigenvalue weighted by atomic mass is 9.93. The number of nitrogens with zero attached hydrogens (tertiary/aromatic N) is 1. The SMILES string of the molecule is COc1cc(/C=C/C(=O)OCC(=O)N(c2ccccc2)C2CCCCC2)cc(OC)c1OC. The van der Waals surface area contributed by atoms with E-state index in [9.17, 15) is 9.59 Å². The Balaban J connectivity index is 1.66. The molecule has 0 unspecified atom stereocenters. The number of hydrogen-bond donors (Lipinski definition) is 0. The van der Waals surface area contributed by atoms with Gasteiger partial charge in [0.15, 0.2) is 18.1 Å². The van der Waals surface area contributed by atoms with Crippen LogP contribution in [-0.4, -0.2) is 45.9 Å². The van der Waals surface area contributed by atoms with Crippen molar-refractivity contribution in [3.8, 4) is 17.2 Å². The molecule has 0 heterocycles. The molecule has 1 aliphatic rings. The summed E-state index contributed by atoms with van der Waals surface area (Å²) in [5, 5.41) is 0. The highest BCUT2D eigenvalue weighted by Gasteiger charge is 2.27. The van der Waals surface area contributed by atoms with Crippen LogP contribution in [0.2, 0.25) is 0 Å². The molecule has 1 amide bonds. The zero-order chi connectivity index (χ0) is 23.6. The van der Waals surface area contributed by atoms with Crippen LogP contribution >= 0.6 is 0 Å². The Morgan fingerprint density at radius 3 is 2.15 bits per heavy atom. The Kier molecular flexibility index (Phi) is 8.75. The number of amides is 1. The predicted molar refractivity (Wildman–Crippen MR) is 127 cm³/mol. The molecule has 0 atom stereocenters. The number of methoxy groups -OCH3 is 3. The normalized spacial score (nSPS) is 14.0. The van der Waals surface area contributed by atoms with Crippen molar-refractivity contribution in [1.82, 2.24) is 0 Å². The molecule has 7 heteroatoms. The minimum Gasteiger partial charge on any atom is -0.493 e. The lowest BCUT2D eigenvalue weighted by Crippen LogP contribution is -2.43. The third-order valence-electron chi connectivity index (χ3n) is 5.68. The molecule has 0 radical (unpaired) electrons. The second-order valence-corrected chi connectivity index (χ2v) is 7.79. The molecule has 3 rings (SSSR count). The highest BCUT2D eigenvalue weighted by Crippen LogP contribution is 2.38. The Morgan fingerprint density at radius 1 is 0.939 bits per heavy atom. The second-order valence-electron chi connectivity index (χ2n) is 7.79. The molecule has 176 valence electrons. The van der Waals surface area contributed by atoms with Crippen LogP contribution in [0.25, 0.3) is 6.08 Å². The number of rotatable bonds is 9. The van der Waals surface area contributed by atoms with E-state index in [-0.39, 0.29) is 18.6 Å². The summed E-state index contributed by atoms with van der Waals surface area (Å²) in [6.45, 7) is -0.316. The molecule has 2 aromatic carbocycles.